The second-order valence-corrected chi connectivity index (χ2v) is 3.31. The van der Waals surface area contributed by atoms with Gasteiger partial charge in [0.1, 0.15) is 11.6 Å². The van der Waals surface area contributed by atoms with Crippen LogP contribution in [0.4, 0.5) is 17.6 Å². The van der Waals surface area contributed by atoms with E-state index in [-0.39, 0.29) is 11.3 Å². The summed E-state index contributed by atoms with van der Waals surface area (Å²) in [6.45, 7) is 0. The molecular weight excluding hydrogens is 226 g/mol. The van der Waals surface area contributed by atoms with E-state index in [2.05, 4.69) is 0 Å². The number of benzene rings is 1. The minimum Gasteiger partial charge on any atom is -0.497 e. The van der Waals surface area contributed by atoms with Crippen molar-refractivity contribution in [1.29, 1.82) is 0 Å². The van der Waals surface area contributed by atoms with E-state index < -0.39 is 24.5 Å². The van der Waals surface area contributed by atoms with Gasteiger partial charge < -0.3 is 10.5 Å². The highest BCUT2D eigenvalue weighted by atomic mass is 19.4. The van der Waals surface area contributed by atoms with Gasteiger partial charge >= 0.3 is 6.18 Å². The van der Waals surface area contributed by atoms with Crippen molar-refractivity contribution in [2.75, 3.05) is 7.11 Å². The van der Waals surface area contributed by atoms with Crippen LogP contribution in [0.15, 0.2) is 18.2 Å². The Morgan fingerprint density at radius 2 is 2.00 bits per heavy atom. The topological polar surface area (TPSA) is 35.2 Å². The third-order valence-electron chi connectivity index (χ3n) is 2.05. The number of hydrogen-bond acceptors (Lipinski definition) is 2. The van der Waals surface area contributed by atoms with Crippen LogP contribution < -0.4 is 10.5 Å². The third kappa shape index (κ3) is 3.37. The summed E-state index contributed by atoms with van der Waals surface area (Å²) < 4.78 is 54.2. The minimum atomic E-state index is -4.42. The second kappa shape index (κ2) is 4.69. The quantitative estimate of drug-likeness (QED) is 0.820. The molecule has 0 aliphatic heterocycles. The summed E-state index contributed by atoms with van der Waals surface area (Å²) in [6.07, 6.45) is -5.69. The predicted molar refractivity (Wildman–Crippen MR) is 50.6 cm³/mol. The van der Waals surface area contributed by atoms with E-state index in [1.807, 2.05) is 0 Å². The second-order valence-electron chi connectivity index (χ2n) is 3.31. The lowest BCUT2D eigenvalue weighted by atomic mass is 10.0. The number of hydrogen-bond donors (Lipinski definition) is 1. The highest BCUT2D eigenvalue weighted by molar-refractivity contribution is 5.31. The number of ether oxygens (including phenoxy) is 1. The van der Waals surface area contributed by atoms with Gasteiger partial charge in [0.05, 0.1) is 13.5 Å². The summed E-state index contributed by atoms with van der Waals surface area (Å²) in [5, 5.41) is 0. The molecule has 0 amide bonds. The fraction of sp³-hybridized carbons (Fsp3) is 0.400. The predicted octanol–water partition coefficient (Wildman–Crippen LogP) is 2.79. The van der Waals surface area contributed by atoms with Crippen molar-refractivity contribution in [1.82, 2.24) is 0 Å². The number of methoxy groups -OCH3 is 1. The van der Waals surface area contributed by atoms with E-state index in [4.69, 9.17) is 10.5 Å². The summed E-state index contributed by atoms with van der Waals surface area (Å²) >= 11 is 0. The van der Waals surface area contributed by atoms with Gasteiger partial charge in [0.15, 0.2) is 0 Å². The summed E-state index contributed by atoms with van der Waals surface area (Å²) in [5.74, 6) is -0.494. The molecule has 2 N–H and O–H groups in total. The molecule has 16 heavy (non-hydrogen) atoms. The molecule has 0 radical (unpaired) electrons. The van der Waals surface area contributed by atoms with Crippen LogP contribution >= 0.6 is 0 Å². The zero-order valence-electron chi connectivity index (χ0n) is 8.51. The first-order valence-corrected chi connectivity index (χ1v) is 4.49. The van der Waals surface area contributed by atoms with Crippen LogP contribution in [0.25, 0.3) is 0 Å². The van der Waals surface area contributed by atoms with Gasteiger partial charge in [-0.1, -0.05) is 0 Å². The maximum absolute atomic E-state index is 13.2. The van der Waals surface area contributed by atoms with Crippen LogP contribution in [0.2, 0.25) is 0 Å². The van der Waals surface area contributed by atoms with Gasteiger partial charge in [-0.2, -0.15) is 13.2 Å². The van der Waals surface area contributed by atoms with Crippen LogP contribution in [0.3, 0.4) is 0 Å². The highest BCUT2D eigenvalue weighted by Gasteiger charge is 2.32. The van der Waals surface area contributed by atoms with Crippen molar-refractivity contribution in [2.24, 2.45) is 5.73 Å². The normalized spacial score (nSPS) is 13.6. The Morgan fingerprint density at radius 3 is 2.50 bits per heavy atom. The molecule has 6 heteroatoms. The van der Waals surface area contributed by atoms with Crippen molar-refractivity contribution in [3.63, 3.8) is 0 Å². The standard InChI is InChI=1S/C10H11F4NO/c1-16-6-2-3-8(11)7(4-6)9(15)5-10(12,13)14/h2-4,9H,5,15H2,1H3/t9-/m1/s1. The number of alkyl halides is 3. The smallest absolute Gasteiger partial charge is 0.390 e. The van der Waals surface area contributed by atoms with Crippen molar-refractivity contribution in [3.05, 3.63) is 29.6 Å². The molecule has 0 spiro atoms. The Hall–Kier alpha value is -1.30. The van der Waals surface area contributed by atoms with Crippen LogP contribution in [0.5, 0.6) is 5.75 Å². The molecule has 0 bridgehead atoms. The fourth-order valence-corrected chi connectivity index (χ4v) is 1.29. The Kier molecular flexibility index (Phi) is 3.74. The van der Waals surface area contributed by atoms with Gasteiger partial charge in [0, 0.05) is 11.6 Å². The lowest BCUT2D eigenvalue weighted by Gasteiger charge is -2.15. The first kappa shape index (κ1) is 12.8. The molecule has 1 aromatic rings. The SMILES string of the molecule is COc1ccc(F)c([C@H](N)CC(F)(F)F)c1. The van der Waals surface area contributed by atoms with Crippen LogP contribution in [-0.2, 0) is 0 Å². The average Bonchev–Trinajstić information content (AvgIpc) is 2.15. The van der Waals surface area contributed by atoms with Gasteiger partial charge in [-0.05, 0) is 18.2 Å². The molecule has 1 atom stereocenters. The zero-order valence-corrected chi connectivity index (χ0v) is 8.51. The van der Waals surface area contributed by atoms with Crippen molar-refractivity contribution in [3.8, 4) is 5.75 Å². The maximum atomic E-state index is 13.2. The molecule has 0 aromatic heterocycles. The van der Waals surface area contributed by atoms with Gasteiger partial charge in [-0.15, -0.1) is 0 Å². The Morgan fingerprint density at radius 1 is 1.38 bits per heavy atom. The Bertz CT molecular complexity index is 364. The zero-order chi connectivity index (χ0) is 12.3. The van der Waals surface area contributed by atoms with Gasteiger partial charge in [0.2, 0.25) is 0 Å². The number of rotatable bonds is 3. The molecule has 90 valence electrons. The molecule has 1 rings (SSSR count). The Balaban J connectivity index is 2.93. The molecule has 0 saturated heterocycles. The van der Waals surface area contributed by atoms with E-state index >= 15 is 0 Å². The molecule has 0 unspecified atom stereocenters. The molecule has 0 aliphatic rings. The molecule has 1 aromatic carbocycles. The minimum absolute atomic E-state index is 0.198. The first-order chi connectivity index (χ1) is 7.33. The maximum Gasteiger partial charge on any atom is 0.390 e. The van der Waals surface area contributed by atoms with E-state index in [1.54, 1.807) is 0 Å². The number of nitrogens with two attached hydrogens (primary N) is 1. The third-order valence-corrected chi connectivity index (χ3v) is 2.05. The summed E-state index contributed by atoms with van der Waals surface area (Å²) in [6, 6.07) is 2.10. The van der Waals surface area contributed by atoms with Crippen LogP contribution in [0.1, 0.15) is 18.0 Å². The van der Waals surface area contributed by atoms with Crippen LogP contribution in [0, 0.1) is 5.82 Å². The molecular formula is C10H11F4NO. The fourth-order valence-electron chi connectivity index (χ4n) is 1.29. The molecule has 0 heterocycles. The first-order valence-electron chi connectivity index (χ1n) is 4.49. The lowest BCUT2D eigenvalue weighted by Crippen LogP contribution is -2.21. The van der Waals surface area contributed by atoms with E-state index in [0.717, 1.165) is 6.07 Å². The van der Waals surface area contributed by atoms with Crippen LogP contribution in [-0.4, -0.2) is 13.3 Å². The molecule has 0 fully saturated rings. The monoisotopic (exact) mass is 237 g/mol. The Labute approximate surface area is 90.0 Å². The van der Waals surface area contributed by atoms with Gasteiger partial charge in [-0.3, -0.25) is 0 Å². The van der Waals surface area contributed by atoms with E-state index in [1.165, 1.54) is 19.2 Å². The highest BCUT2D eigenvalue weighted by Crippen LogP contribution is 2.30. The van der Waals surface area contributed by atoms with E-state index in [9.17, 15) is 17.6 Å². The van der Waals surface area contributed by atoms with Crippen molar-refractivity contribution in [2.45, 2.75) is 18.6 Å². The molecule has 0 aliphatic carbocycles. The van der Waals surface area contributed by atoms with Crippen molar-refractivity contribution < 1.29 is 22.3 Å². The van der Waals surface area contributed by atoms with Gasteiger partial charge in [-0.25, -0.2) is 4.39 Å². The summed E-state index contributed by atoms with van der Waals surface area (Å²) in [4.78, 5) is 0. The number of halogens is 4. The van der Waals surface area contributed by atoms with Crippen molar-refractivity contribution >= 4 is 0 Å². The average molecular weight is 237 g/mol. The molecule has 0 saturated carbocycles. The molecule has 2 nitrogen and oxygen atoms in total. The lowest BCUT2D eigenvalue weighted by molar-refractivity contribution is -0.138. The largest absolute Gasteiger partial charge is 0.497 e. The van der Waals surface area contributed by atoms with Gasteiger partial charge in [0.25, 0.3) is 0 Å². The summed E-state index contributed by atoms with van der Waals surface area (Å²) in [5.41, 5.74) is 5.09. The van der Waals surface area contributed by atoms with E-state index in [0.29, 0.717) is 0 Å². The summed E-state index contributed by atoms with van der Waals surface area (Å²) in [7, 11) is 1.34.